The van der Waals surface area contributed by atoms with Crippen molar-refractivity contribution < 1.29 is 14.9 Å². The van der Waals surface area contributed by atoms with Crippen LogP contribution in [0.15, 0.2) is 30.6 Å². The summed E-state index contributed by atoms with van der Waals surface area (Å²) >= 11 is 0. The number of amides is 1. The van der Waals surface area contributed by atoms with E-state index in [1.165, 1.54) is 12.8 Å². The minimum atomic E-state index is -1.17. The zero-order valence-corrected chi connectivity index (χ0v) is 9.74. The zero-order chi connectivity index (χ0) is 12.1. The fourth-order valence-electron chi connectivity index (χ4n) is 1.08. The first kappa shape index (κ1) is 14.4. The van der Waals surface area contributed by atoms with E-state index in [1.807, 2.05) is 30.6 Å². The van der Waals surface area contributed by atoms with E-state index in [0.717, 1.165) is 12.8 Å². The molecule has 0 bridgehead atoms. The van der Waals surface area contributed by atoms with E-state index in [1.54, 1.807) is 0 Å². The Balaban J connectivity index is 0.000000315. The monoisotopic (exact) mass is 224 g/mol. The second kappa shape index (κ2) is 11.5. The van der Waals surface area contributed by atoms with E-state index in [0.29, 0.717) is 6.54 Å². The summed E-state index contributed by atoms with van der Waals surface area (Å²) in [5.74, 6) is 0. The van der Waals surface area contributed by atoms with E-state index in [4.69, 9.17) is 0 Å². The van der Waals surface area contributed by atoms with Gasteiger partial charge in [0.15, 0.2) is 12.4 Å². The number of H-pyrrole nitrogens is 1. The molecule has 0 radical (unpaired) electrons. The highest BCUT2D eigenvalue weighted by Crippen LogP contribution is 1.96. The molecular weight excluding hydrogens is 204 g/mol. The van der Waals surface area contributed by atoms with Crippen LogP contribution in [0.25, 0.3) is 0 Å². The molecule has 0 spiro atoms. The average Bonchev–Trinajstić information content (AvgIpc) is 2.31. The molecule has 1 aromatic heterocycles. The molecule has 0 atom stereocenters. The number of carboxylic acid groups (broad SMARTS) is 1. The lowest BCUT2D eigenvalue weighted by Gasteiger charge is -2.04. The third-order valence-corrected chi connectivity index (χ3v) is 1.91. The zero-order valence-electron chi connectivity index (χ0n) is 9.74. The Morgan fingerprint density at radius 1 is 1.19 bits per heavy atom. The number of aromatic nitrogens is 1. The topological polar surface area (TPSA) is 66.3 Å². The Bertz CT molecular complexity index is 226. The lowest BCUT2D eigenvalue weighted by molar-refractivity contribution is -0.377. The smallest absolute Gasteiger partial charge is 0.166 e. The molecule has 0 unspecified atom stereocenters. The second-order valence-corrected chi connectivity index (χ2v) is 3.35. The van der Waals surface area contributed by atoms with Gasteiger partial charge in [0, 0.05) is 18.7 Å². The van der Waals surface area contributed by atoms with Gasteiger partial charge >= 0.3 is 0 Å². The highest BCUT2D eigenvalue weighted by Gasteiger charge is 1.86. The minimum absolute atomic E-state index is 0.530. The Kier molecular flexibility index (Phi) is 10.4. The number of hydrogen-bond donors (Lipinski definition) is 1. The van der Waals surface area contributed by atoms with E-state index < -0.39 is 6.09 Å². The van der Waals surface area contributed by atoms with Gasteiger partial charge in [-0.05, 0) is 6.42 Å². The Morgan fingerprint density at radius 2 is 1.88 bits per heavy atom. The van der Waals surface area contributed by atoms with Gasteiger partial charge < -0.3 is 15.2 Å². The van der Waals surface area contributed by atoms with Crippen LogP contribution in [-0.4, -0.2) is 12.6 Å². The molecule has 90 valence electrons. The fourth-order valence-corrected chi connectivity index (χ4v) is 1.08. The molecule has 0 fully saturated rings. The molecule has 16 heavy (non-hydrogen) atoms. The van der Waals surface area contributed by atoms with Crippen molar-refractivity contribution in [1.29, 1.82) is 0 Å². The van der Waals surface area contributed by atoms with Gasteiger partial charge in [-0.1, -0.05) is 32.3 Å². The summed E-state index contributed by atoms with van der Waals surface area (Å²) in [6.07, 6.45) is 6.94. The SMILES string of the molecule is CCCCCCNC(=O)[O-].c1cc[nH+]cc1. The van der Waals surface area contributed by atoms with E-state index >= 15 is 0 Å². The van der Waals surface area contributed by atoms with Crippen LogP contribution in [0.4, 0.5) is 4.79 Å². The van der Waals surface area contributed by atoms with Gasteiger partial charge in [0.25, 0.3) is 0 Å². The standard InChI is InChI=1S/C7H15NO2.C5H5N/c1-2-3-4-5-6-8-7(9)10;1-2-4-6-5-3-1/h8H,2-6H2,1H3,(H,9,10);1-5H. The molecule has 0 aromatic carbocycles. The molecule has 1 rings (SSSR count). The van der Waals surface area contributed by atoms with Crippen LogP contribution in [0.3, 0.4) is 0 Å². The highest BCUT2D eigenvalue weighted by atomic mass is 16.4. The summed E-state index contributed by atoms with van der Waals surface area (Å²) in [7, 11) is 0. The van der Waals surface area contributed by atoms with Gasteiger partial charge in [0.05, 0.1) is 0 Å². The van der Waals surface area contributed by atoms with Gasteiger partial charge in [-0.2, -0.15) is 0 Å². The first-order valence-electron chi connectivity index (χ1n) is 5.63. The number of carbonyl (C=O) groups excluding carboxylic acids is 1. The van der Waals surface area contributed by atoms with Crippen molar-refractivity contribution in [3.63, 3.8) is 0 Å². The van der Waals surface area contributed by atoms with Gasteiger partial charge in [0.1, 0.15) is 6.09 Å². The maximum Gasteiger partial charge on any atom is 0.166 e. The first-order valence-corrected chi connectivity index (χ1v) is 5.63. The summed E-state index contributed by atoms with van der Waals surface area (Å²) in [6.45, 7) is 2.65. The molecule has 0 aliphatic carbocycles. The third-order valence-electron chi connectivity index (χ3n) is 1.91. The van der Waals surface area contributed by atoms with Crippen molar-refractivity contribution in [3.8, 4) is 0 Å². The van der Waals surface area contributed by atoms with Gasteiger partial charge in [0.2, 0.25) is 0 Å². The lowest BCUT2D eigenvalue weighted by atomic mass is 10.2. The van der Waals surface area contributed by atoms with Crippen molar-refractivity contribution in [2.24, 2.45) is 0 Å². The Hall–Kier alpha value is -1.58. The molecule has 0 aliphatic rings. The summed E-state index contributed by atoms with van der Waals surface area (Å²) < 4.78 is 0. The second-order valence-electron chi connectivity index (χ2n) is 3.35. The Morgan fingerprint density at radius 3 is 2.25 bits per heavy atom. The van der Waals surface area contributed by atoms with Crippen LogP contribution in [0.1, 0.15) is 32.6 Å². The minimum Gasteiger partial charge on any atom is -0.530 e. The maximum absolute atomic E-state index is 9.81. The van der Waals surface area contributed by atoms with Crippen molar-refractivity contribution in [2.45, 2.75) is 32.6 Å². The molecule has 4 heteroatoms. The van der Waals surface area contributed by atoms with E-state index in [2.05, 4.69) is 17.2 Å². The molecular formula is C12H20N2O2. The third kappa shape index (κ3) is 12.4. The number of carbonyl (C=O) groups is 1. The van der Waals surface area contributed by atoms with Crippen LogP contribution in [0, 0.1) is 0 Å². The van der Waals surface area contributed by atoms with Gasteiger partial charge in [-0.15, -0.1) is 0 Å². The highest BCUT2D eigenvalue weighted by molar-refractivity contribution is 5.61. The van der Waals surface area contributed by atoms with Crippen molar-refractivity contribution in [3.05, 3.63) is 30.6 Å². The quantitative estimate of drug-likeness (QED) is 0.758. The molecule has 2 N–H and O–H groups in total. The predicted octanol–water partition coefficient (Wildman–Crippen LogP) is 1.00. The number of hydrogen-bond acceptors (Lipinski definition) is 2. The van der Waals surface area contributed by atoms with Crippen molar-refractivity contribution >= 4 is 6.09 Å². The first-order chi connectivity index (χ1) is 7.77. The number of aromatic amines is 1. The molecule has 0 saturated carbocycles. The average molecular weight is 224 g/mol. The molecule has 1 aromatic rings. The summed E-state index contributed by atoms with van der Waals surface area (Å²) in [6, 6.07) is 5.86. The van der Waals surface area contributed by atoms with E-state index in [-0.39, 0.29) is 0 Å². The Labute approximate surface area is 96.7 Å². The van der Waals surface area contributed by atoms with Crippen LogP contribution < -0.4 is 15.4 Å². The molecule has 1 heterocycles. The molecule has 1 amide bonds. The normalized spacial score (nSPS) is 8.81. The molecule has 0 aliphatic heterocycles. The largest absolute Gasteiger partial charge is 0.530 e. The van der Waals surface area contributed by atoms with Crippen LogP contribution >= 0.6 is 0 Å². The summed E-state index contributed by atoms with van der Waals surface area (Å²) in [5, 5.41) is 12.0. The number of rotatable bonds is 5. The van der Waals surface area contributed by atoms with Gasteiger partial charge in [-0.3, -0.25) is 0 Å². The number of unbranched alkanes of at least 4 members (excludes halogenated alkanes) is 3. The van der Waals surface area contributed by atoms with Crippen molar-refractivity contribution in [2.75, 3.05) is 6.54 Å². The lowest BCUT2D eigenvalue weighted by Crippen LogP contribution is -2.36. The summed E-state index contributed by atoms with van der Waals surface area (Å²) in [4.78, 5) is 12.7. The predicted molar refractivity (Wildman–Crippen MR) is 60.5 cm³/mol. The van der Waals surface area contributed by atoms with Crippen LogP contribution in [-0.2, 0) is 0 Å². The van der Waals surface area contributed by atoms with E-state index in [9.17, 15) is 9.90 Å². The summed E-state index contributed by atoms with van der Waals surface area (Å²) in [5.41, 5.74) is 0. The molecule has 0 saturated heterocycles. The van der Waals surface area contributed by atoms with Crippen LogP contribution in [0.2, 0.25) is 0 Å². The van der Waals surface area contributed by atoms with Gasteiger partial charge in [-0.25, -0.2) is 4.98 Å². The number of nitrogens with one attached hydrogen (secondary N) is 2. The van der Waals surface area contributed by atoms with Crippen LogP contribution in [0.5, 0.6) is 0 Å². The van der Waals surface area contributed by atoms with Crippen molar-refractivity contribution in [1.82, 2.24) is 5.32 Å². The maximum atomic E-state index is 9.81. The molecule has 4 nitrogen and oxygen atoms in total. The fraction of sp³-hybridized carbons (Fsp3) is 0.500. The number of pyridine rings is 1.